The highest BCUT2D eigenvalue weighted by Crippen LogP contribution is 1.76. The second-order valence-corrected chi connectivity index (χ2v) is 1.92. The summed E-state index contributed by atoms with van der Waals surface area (Å²) in [4.78, 5) is 9.54. The molecule has 0 bridgehead atoms. The minimum Gasteiger partial charge on any atom is -0.480 e. The molecule has 0 fully saturated rings. The Morgan fingerprint density at radius 3 is 1.80 bits per heavy atom. The number of unbranched alkanes of at least 4 members (excludes halogenated alkanes) is 1. The highest BCUT2D eigenvalue weighted by Gasteiger charge is 1.86. The molecule has 0 atom stereocenters. The van der Waals surface area contributed by atoms with Crippen LogP contribution in [0, 0.1) is 0 Å². The van der Waals surface area contributed by atoms with Crippen molar-refractivity contribution in [2.75, 3.05) is 13.6 Å². The van der Waals surface area contributed by atoms with Crippen molar-refractivity contribution in [1.82, 2.24) is 5.32 Å². The van der Waals surface area contributed by atoms with Crippen LogP contribution in [0.3, 0.4) is 0 Å². The van der Waals surface area contributed by atoms with Crippen molar-refractivity contribution in [2.45, 2.75) is 26.7 Å². The Balaban J connectivity index is 0. The lowest BCUT2D eigenvalue weighted by atomic mass is 10.4. The van der Waals surface area contributed by atoms with E-state index < -0.39 is 5.97 Å². The Hall–Kier alpha value is -0.570. The molecule has 0 aliphatic heterocycles. The van der Waals surface area contributed by atoms with Crippen LogP contribution in [0.4, 0.5) is 0 Å². The SMILES string of the molecule is CCCC.CNCC(=O)O. The largest absolute Gasteiger partial charge is 0.480 e. The molecule has 0 radical (unpaired) electrons. The Kier molecular flexibility index (Phi) is 13.7. The number of hydrogen-bond acceptors (Lipinski definition) is 2. The topological polar surface area (TPSA) is 49.3 Å². The normalized spacial score (nSPS) is 7.90. The van der Waals surface area contributed by atoms with Crippen LogP contribution < -0.4 is 5.32 Å². The maximum atomic E-state index is 9.54. The van der Waals surface area contributed by atoms with Gasteiger partial charge in [-0.3, -0.25) is 4.79 Å². The zero-order valence-corrected chi connectivity index (χ0v) is 6.98. The van der Waals surface area contributed by atoms with E-state index in [0.717, 1.165) is 0 Å². The Bertz CT molecular complexity index is 72.0. The fraction of sp³-hybridized carbons (Fsp3) is 0.857. The number of rotatable bonds is 3. The van der Waals surface area contributed by atoms with Gasteiger partial charge in [-0.1, -0.05) is 26.7 Å². The number of nitrogens with one attached hydrogen (secondary N) is 1. The molecule has 0 spiro atoms. The summed E-state index contributed by atoms with van der Waals surface area (Å²) >= 11 is 0. The minimum absolute atomic E-state index is 0.0417. The van der Waals surface area contributed by atoms with Crippen molar-refractivity contribution in [2.24, 2.45) is 0 Å². The van der Waals surface area contributed by atoms with Crippen molar-refractivity contribution < 1.29 is 9.90 Å². The molecule has 0 saturated heterocycles. The number of carbonyl (C=O) groups is 1. The summed E-state index contributed by atoms with van der Waals surface area (Å²) in [5, 5.41) is 10.3. The molecule has 0 saturated carbocycles. The molecule has 0 aliphatic carbocycles. The average molecular weight is 147 g/mol. The molecule has 3 heteroatoms. The van der Waals surface area contributed by atoms with Crippen LogP contribution in [0.25, 0.3) is 0 Å². The smallest absolute Gasteiger partial charge is 0.317 e. The first-order valence-electron chi connectivity index (χ1n) is 3.55. The van der Waals surface area contributed by atoms with Gasteiger partial charge in [-0.2, -0.15) is 0 Å². The molecule has 0 aromatic carbocycles. The van der Waals surface area contributed by atoms with E-state index in [0.29, 0.717) is 0 Å². The maximum absolute atomic E-state index is 9.54. The van der Waals surface area contributed by atoms with E-state index in [1.807, 2.05) is 0 Å². The van der Waals surface area contributed by atoms with Crippen LogP contribution in [-0.2, 0) is 4.79 Å². The molecule has 0 aromatic rings. The first kappa shape index (κ1) is 12.1. The van der Waals surface area contributed by atoms with Crippen molar-refractivity contribution in [3.8, 4) is 0 Å². The molecule has 0 heterocycles. The highest BCUT2D eigenvalue weighted by atomic mass is 16.4. The summed E-state index contributed by atoms with van der Waals surface area (Å²) in [5.41, 5.74) is 0. The number of hydrogen-bond donors (Lipinski definition) is 2. The molecule has 0 unspecified atom stereocenters. The number of likely N-dealkylation sites (N-methyl/N-ethyl adjacent to an activating group) is 1. The Labute approximate surface area is 62.4 Å². The van der Waals surface area contributed by atoms with Crippen LogP contribution in [0.2, 0.25) is 0 Å². The van der Waals surface area contributed by atoms with E-state index in [1.54, 1.807) is 7.05 Å². The predicted molar refractivity (Wildman–Crippen MR) is 42.1 cm³/mol. The van der Waals surface area contributed by atoms with Crippen molar-refractivity contribution in [3.63, 3.8) is 0 Å². The zero-order valence-electron chi connectivity index (χ0n) is 6.98. The number of carboxylic acids is 1. The second-order valence-electron chi connectivity index (χ2n) is 1.92. The molecule has 62 valence electrons. The number of aliphatic carboxylic acids is 1. The standard InChI is InChI=1S/C4H10.C3H7NO2/c1-3-4-2;1-4-2-3(5)6/h3-4H2,1-2H3;4H,2H2,1H3,(H,5,6). The monoisotopic (exact) mass is 147 g/mol. The fourth-order valence-corrected chi connectivity index (χ4v) is 0.151. The second kappa shape index (κ2) is 11.3. The molecule has 0 amide bonds. The van der Waals surface area contributed by atoms with Gasteiger partial charge in [-0.15, -0.1) is 0 Å². The molecular weight excluding hydrogens is 130 g/mol. The van der Waals surface area contributed by atoms with Crippen LogP contribution in [-0.4, -0.2) is 24.7 Å². The van der Waals surface area contributed by atoms with Gasteiger partial charge in [0.15, 0.2) is 0 Å². The molecule has 0 aliphatic rings. The quantitative estimate of drug-likeness (QED) is 0.628. The fourth-order valence-electron chi connectivity index (χ4n) is 0.151. The third-order valence-electron chi connectivity index (χ3n) is 0.828. The maximum Gasteiger partial charge on any atom is 0.317 e. The van der Waals surface area contributed by atoms with Gasteiger partial charge in [0.2, 0.25) is 0 Å². The summed E-state index contributed by atoms with van der Waals surface area (Å²) in [5.74, 6) is -0.822. The third kappa shape index (κ3) is 26.1. The summed E-state index contributed by atoms with van der Waals surface area (Å²) in [6.45, 7) is 4.40. The van der Waals surface area contributed by atoms with Crippen LogP contribution in [0.15, 0.2) is 0 Å². The van der Waals surface area contributed by atoms with E-state index >= 15 is 0 Å². The predicted octanol–water partition coefficient (Wildman–Crippen LogP) is 1.10. The van der Waals surface area contributed by atoms with Gasteiger partial charge in [0.1, 0.15) is 0 Å². The Morgan fingerprint density at radius 2 is 1.80 bits per heavy atom. The Morgan fingerprint density at radius 1 is 1.40 bits per heavy atom. The van der Waals surface area contributed by atoms with Gasteiger partial charge in [0.25, 0.3) is 0 Å². The van der Waals surface area contributed by atoms with Gasteiger partial charge in [-0.25, -0.2) is 0 Å². The van der Waals surface area contributed by atoms with E-state index in [9.17, 15) is 4.79 Å². The van der Waals surface area contributed by atoms with E-state index in [-0.39, 0.29) is 6.54 Å². The van der Waals surface area contributed by atoms with Crippen molar-refractivity contribution in [3.05, 3.63) is 0 Å². The lowest BCUT2D eigenvalue weighted by molar-refractivity contribution is -0.135. The van der Waals surface area contributed by atoms with E-state index in [1.165, 1.54) is 12.8 Å². The third-order valence-corrected chi connectivity index (χ3v) is 0.828. The molecule has 2 N–H and O–H groups in total. The molecular formula is C7H17NO2. The van der Waals surface area contributed by atoms with E-state index in [2.05, 4.69) is 19.2 Å². The van der Waals surface area contributed by atoms with Gasteiger partial charge in [0, 0.05) is 0 Å². The summed E-state index contributed by atoms with van der Waals surface area (Å²) in [6.07, 6.45) is 2.64. The number of carboxylic acid groups (broad SMARTS) is 1. The average Bonchev–Trinajstić information content (AvgIpc) is 1.89. The first-order chi connectivity index (χ1) is 4.68. The van der Waals surface area contributed by atoms with Gasteiger partial charge < -0.3 is 10.4 Å². The minimum atomic E-state index is -0.822. The molecule has 3 nitrogen and oxygen atoms in total. The van der Waals surface area contributed by atoms with Gasteiger partial charge in [0.05, 0.1) is 6.54 Å². The van der Waals surface area contributed by atoms with Crippen molar-refractivity contribution >= 4 is 5.97 Å². The molecule has 0 aromatic heterocycles. The highest BCUT2D eigenvalue weighted by molar-refractivity contribution is 5.68. The lowest BCUT2D eigenvalue weighted by Crippen LogP contribution is -2.16. The summed E-state index contributed by atoms with van der Waals surface area (Å²) in [7, 11) is 1.59. The van der Waals surface area contributed by atoms with Gasteiger partial charge >= 0.3 is 5.97 Å². The summed E-state index contributed by atoms with van der Waals surface area (Å²) in [6, 6.07) is 0. The molecule has 10 heavy (non-hydrogen) atoms. The van der Waals surface area contributed by atoms with Crippen LogP contribution >= 0.6 is 0 Å². The zero-order chi connectivity index (χ0) is 8.41. The van der Waals surface area contributed by atoms with Gasteiger partial charge in [-0.05, 0) is 7.05 Å². The summed E-state index contributed by atoms with van der Waals surface area (Å²) < 4.78 is 0. The lowest BCUT2D eigenvalue weighted by Gasteiger charge is -1.84. The van der Waals surface area contributed by atoms with Crippen molar-refractivity contribution in [1.29, 1.82) is 0 Å². The van der Waals surface area contributed by atoms with Crippen LogP contribution in [0.5, 0.6) is 0 Å². The van der Waals surface area contributed by atoms with E-state index in [4.69, 9.17) is 5.11 Å². The molecule has 0 rings (SSSR count). The van der Waals surface area contributed by atoms with Crippen LogP contribution in [0.1, 0.15) is 26.7 Å². The first-order valence-corrected chi connectivity index (χ1v) is 3.55.